The van der Waals surface area contributed by atoms with Gasteiger partial charge in [0.25, 0.3) is 0 Å². The zero-order valence-corrected chi connectivity index (χ0v) is 10.7. The zero-order valence-electron chi connectivity index (χ0n) is 10.7. The van der Waals surface area contributed by atoms with Crippen LogP contribution in [0.1, 0.15) is 37.1 Å². The molecule has 1 saturated carbocycles. The van der Waals surface area contributed by atoms with E-state index in [0.29, 0.717) is 6.04 Å². The van der Waals surface area contributed by atoms with Crippen LogP contribution in [-0.2, 0) is 6.54 Å². The second-order valence-electron chi connectivity index (χ2n) is 5.01. The molecule has 1 fully saturated rings. The van der Waals surface area contributed by atoms with Gasteiger partial charge in [-0.15, -0.1) is 0 Å². The van der Waals surface area contributed by atoms with E-state index in [4.69, 9.17) is 0 Å². The molecule has 16 heavy (non-hydrogen) atoms. The van der Waals surface area contributed by atoms with Crippen LogP contribution in [0, 0.1) is 19.8 Å². The highest BCUT2D eigenvalue weighted by atomic mass is 15.1. The van der Waals surface area contributed by atoms with Crippen molar-refractivity contribution in [3.05, 3.63) is 17.7 Å². The van der Waals surface area contributed by atoms with Crippen LogP contribution in [0.4, 0.5) is 0 Å². The van der Waals surface area contributed by atoms with Crippen LogP contribution < -0.4 is 5.32 Å². The molecule has 1 heterocycles. The van der Waals surface area contributed by atoms with Gasteiger partial charge in [-0.2, -0.15) is 0 Å². The van der Waals surface area contributed by atoms with Gasteiger partial charge in [0.15, 0.2) is 0 Å². The Morgan fingerprint density at radius 1 is 1.44 bits per heavy atom. The van der Waals surface area contributed by atoms with Gasteiger partial charge in [-0.3, -0.25) is 0 Å². The molecule has 1 N–H and O–H groups in total. The Morgan fingerprint density at radius 3 is 2.62 bits per heavy atom. The van der Waals surface area contributed by atoms with Crippen molar-refractivity contribution in [2.45, 2.75) is 52.1 Å². The van der Waals surface area contributed by atoms with Crippen molar-refractivity contribution >= 4 is 0 Å². The summed E-state index contributed by atoms with van der Waals surface area (Å²) in [5.74, 6) is 0.854. The molecule has 2 rings (SSSR count). The van der Waals surface area contributed by atoms with Crippen LogP contribution in [0.5, 0.6) is 0 Å². The standard InChI is InChI=1S/C13H23N3/c1-10-11(2)16(9-15-10)8-13(14-3)12-6-4-5-7-12/h9,12-14H,4-8H2,1-3H3. The topological polar surface area (TPSA) is 29.9 Å². The summed E-state index contributed by atoms with van der Waals surface area (Å²) in [5, 5.41) is 3.48. The molecule has 0 aromatic carbocycles. The highest BCUT2D eigenvalue weighted by molar-refractivity contribution is 5.08. The molecule has 90 valence electrons. The third-order valence-corrected chi connectivity index (χ3v) is 4.08. The Labute approximate surface area is 98.3 Å². The van der Waals surface area contributed by atoms with Gasteiger partial charge >= 0.3 is 0 Å². The van der Waals surface area contributed by atoms with Crippen molar-refractivity contribution in [2.24, 2.45) is 5.92 Å². The molecule has 0 saturated heterocycles. The number of hydrogen-bond acceptors (Lipinski definition) is 2. The number of aromatic nitrogens is 2. The first-order chi connectivity index (χ1) is 7.72. The number of aryl methyl sites for hydroxylation is 1. The van der Waals surface area contributed by atoms with Gasteiger partial charge in [-0.05, 0) is 39.7 Å². The third kappa shape index (κ3) is 2.29. The summed E-state index contributed by atoms with van der Waals surface area (Å²) in [6.07, 6.45) is 7.57. The smallest absolute Gasteiger partial charge is 0.0951 e. The number of rotatable bonds is 4. The maximum atomic E-state index is 4.37. The molecular formula is C13H23N3. The van der Waals surface area contributed by atoms with E-state index < -0.39 is 0 Å². The van der Waals surface area contributed by atoms with Crippen LogP contribution in [0.2, 0.25) is 0 Å². The van der Waals surface area contributed by atoms with Gasteiger partial charge in [-0.1, -0.05) is 12.8 Å². The lowest BCUT2D eigenvalue weighted by Gasteiger charge is -2.23. The van der Waals surface area contributed by atoms with Crippen LogP contribution in [0.15, 0.2) is 6.33 Å². The van der Waals surface area contributed by atoms with Crippen LogP contribution in [-0.4, -0.2) is 22.6 Å². The van der Waals surface area contributed by atoms with Crippen molar-refractivity contribution in [3.63, 3.8) is 0 Å². The fourth-order valence-corrected chi connectivity index (χ4v) is 2.78. The van der Waals surface area contributed by atoms with Gasteiger partial charge in [0.1, 0.15) is 0 Å². The van der Waals surface area contributed by atoms with Crippen molar-refractivity contribution in [3.8, 4) is 0 Å². The Morgan fingerprint density at radius 2 is 2.12 bits per heavy atom. The van der Waals surface area contributed by atoms with E-state index in [9.17, 15) is 0 Å². The minimum Gasteiger partial charge on any atom is -0.333 e. The molecule has 1 aliphatic carbocycles. The number of nitrogens with zero attached hydrogens (tertiary/aromatic N) is 2. The van der Waals surface area contributed by atoms with Crippen molar-refractivity contribution < 1.29 is 0 Å². The average molecular weight is 221 g/mol. The molecule has 1 aromatic rings. The number of likely N-dealkylation sites (N-methyl/N-ethyl adjacent to an activating group) is 1. The molecule has 0 spiro atoms. The Balaban J connectivity index is 2.03. The van der Waals surface area contributed by atoms with E-state index in [1.165, 1.54) is 31.4 Å². The van der Waals surface area contributed by atoms with Crippen LogP contribution in [0.3, 0.4) is 0 Å². The summed E-state index contributed by atoms with van der Waals surface area (Å²) in [6.45, 7) is 5.30. The number of hydrogen-bond donors (Lipinski definition) is 1. The van der Waals surface area contributed by atoms with Crippen molar-refractivity contribution in [2.75, 3.05) is 7.05 Å². The zero-order chi connectivity index (χ0) is 11.5. The van der Waals surface area contributed by atoms with Gasteiger partial charge in [0.2, 0.25) is 0 Å². The lowest BCUT2D eigenvalue weighted by atomic mass is 9.98. The molecule has 0 amide bonds. The number of nitrogens with one attached hydrogen (secondary N) is 1. The van der Waals surface area contributed by atoms with Gasteiger partial charge < -0.3 is 9.88 Å². The molecule has 0 bridgehead atoms. The van der Waals surface area contributed by atoms with E-state index in [1.54, 1.807) is 0 Å². The average Bonchev–Trinajstić information content (AvgIpc) is 2.90. The third-order valence-electron chi connectivity index (χ3n) is 4.08. The minimum absolute atomic E-state index is 0.606. The first-order valence-electron chi connectivity index (χ1n) is 6.38. The van der Waals surface area contributed by atoms with Crippen molar-refractivity contribution in [1.82, 2.24) is 14.9 Å². The van der Waals surface area contributed by atoms with Gasteiger partial charge in [0.05, 0.1) is 12.0 Å². The maximum Gasteiger partial charge on any atom is 0.0951 e. The summed E-state index contributed by atoms with van der Waals surface area (Å²) in [7, 11) is 2.09. The molecule has 1 aliphatic rings. The molecule has 3 heteroatoms. The highest BCUT2D eigenvalue weighted by Crippen LogP contribution is 2.28. The minimum atomic E-state index is 0.606. The summed E-state index contributed by atoms with van der Waals surface area (Å²) >= 11 is 0. The monoisotopic (exact) mass is 221 g/mol. The van der Waals surface area contributed by atoms with E-state index >= 15 is 0 Å². The van der Waals surface area contributed by atoms with Crippen LogP contribution in [0.25, 0.3) is 0 Å². The van der Waals surface area contributed by atoms with E-state index in [2.05, 4.69) is 35.8 Å². The molecular weight excluding hydrogens is 198 g/mol. The first-order valence-corrected chi connectivity index (χ1v) is 6.38. The summed E-state index contributed by atoms with van der Waals surface area (Å²) in [4.78, 5) is 4.37. The Hall–Kier alpha value is -0.830. The lowest BCUT2D eigenvalue weighted by Crippen LogP contribution is -2.36. The number of imidazole rings is 1. The predicted molar refractivity (Wildman–Crippen MR) is 66.5 cm³/mol. The van der Waals surface area contributed by atoms with Crippen molar-refractivity contribution in [1.29, 1.82) is 0 Å². The molecule has 1 aromatic heterocycles. The molecule has 1 unspecified atom stereocenters. The molecule has 1 atom stereocenters. The predicted octanol–water partition coefficient (Wildman–Crippen LogP) is 2.28. The quantitative estimate of drug-likeness (QED) is 0.845. The van der Waals surface area contributed by atoms with E-state index in [0.717, 1.165) is 18.2 Å². The summed E-state index contributed by atoms with van der Waals surface area (Å²) in [6, 6.07) is 0.606. The SMILES string of the molecule is CNC(Cn1cnc(C)c1C)C1CCCC1. The highest BCUT2D eigenvalue weighted by Gasteiger charge is 2.24. The van der Waals surface area contributed by atoms with E-state index in [1.807, 2.05) is 6.33 Å². The fraction of sp³-hybridized carbons (Fsp3) is 0.769. The van der Waals surface area contributed by atoms with Gasteiger partial charge in [-0.25, -0.2) is 4.98 Å². The fourth-order valence-electron chi connectivity index (χ4n) is 2.78. The maximum absolute atomic E-state index is 4.37. The molecule has 0 aliphatic heterocycles. The second-order valence-corrected chi connectivity index (χ2v) is 5.01. The summed E-state index contributed by atoms with van der Waals surface area (Å²) in [5.41, 5.74) is 2.46. The van der Waals surface area contributed by atoms with Crippen LogP contribution >= 0.6 is 0 Å². The molecule has 0 radical (unpaired) electrons. The Bertz CT molecular complexity index is 337. The second kappa shape index (κ2) is 5.00. The van der Waals surface area contributed by atoms with E-state index in [-0.39, 0.29) is 0 Å². The first kappa shape index (κ1) is 11.6. The largest absolute Gasteiger partial charge is 0.333 e. The normalized spacial score (nSPS) is 19.2. The Kier molecular flexibility index (Phi) is 3.64. The molecule has 3 nitrogen and oxygen atoms in total. The summed E-state index contributed by atoms with van der Waals surface area (Å²) < 4.78 is 2.29. The van der Waals surface area contributed by atoms with Gasteiger partial charge in [0, 0.05) is 18.3 Å². The lowest BCUT2D eigenvalue weighted by molar-refractivity contribution is 0.338.